The molecule has 5 rings (SSSR count). The molecule has 0 amide bonds. The Morgan fingerprint density at radius 2 is 1.84 bits per heavy atom. The average molecular weight is 418 g/mol. The van der Waals surface area contributed by atoms with Crippen LogP contribution in [0.2, 0.25) is 0 Å². The van der Waals surface area contributed by atoms with Crippen molar-refractivity contribution >= 4 is 22.4 Å². The number of nitrogens with one attached hydrogen (secondary N) is 2. The van der Waals surface area contributed by atoms with Gasteiger partial charge in [0.1, 0.15) is 5.39 Å². The fourth-order valence-electron chi connectivity index (χ4n) is 4.64. The minimum absolute atomic E-state index is 0.0414. The van der Waals surface area contributed by atoms with Crippen LogP contribution in [-0.2, 0) is 0 Å². The van der Waals surface area contributed by atoms with Crippen LogP contribution >= 0.6 is 0 Å². The van der Waals surface area contributed by atoms with Crippen molar-refractivity contribution in [2.75, 3.05) is 5.32 Å². The van der Waals surface area contributed by atoms with Crippen LogP contribution in [0, 0.1) is 5.92 Å². The Labute approximate surface area is 180 Å². The van der Waals surface area contributed by atoms with Gasteiger partial charge in [0.15, 0.2) is 5.82 Å². The molecule has 160 valence electrons. The maximum atomic E-state index is 12.7. The smallest absolute Gasteiger partial charge is 0.261 e. The number of aromatic nitrogens is 6. The number of rotatable bonds is 5. The van der Waals surface area contributed by atoms with E-state index in [4.69, 9.17) is 5.10 Å². The predicted molar refractivity (Wildman–Crippen MR) is 121 cm³/mol. The Hall–Kier alpha value is -3.42. The third-order valence-electron chi connectivity index (χ3n) is 6.45. The van der Waals surface area contributed by atoms with Crippen molar-refractivity contribution in [3.8, 4) is 0 Å². The number of pyridine rings is 1. The minimum atomic E-state index is -0.121. The SMILES string of the molecule is CC(c1ccc(Nc2nn([C@H]3CCCC[C@@H]3C)c3cc[nH]c(=O)c23)cc1)n1nccn1. The van der Waals surface area contributed by atoms with Gasteiger partial charge < -0.3 is 10.3 Å². The van der Waals surface area contributed by atoms with Gasteiger partial charge >= 0.3 is 0 Å². The molecule has 4 aromatic rings. The molecule has 1 aromatic carbocycles. The maximum Gasteiger partial charge on any atom is 0.261 e. The monoisotopic (exact) mass is 417 g/mol. The van der Waals surface area contributed by atoms with Crippen LogP contribution in [0.1, 0.15) is 57.2 Å². The second-order valence-electron chi connectivity index (χ2n) is 8.46. The van der Waals surface area contributed by atoms with Crippen LogP contribution in [0.4, 0.5) is 11.5 Å². The fraction of sp³-hybridized carbons (Fsp3) is 0.391. The van der Waals surface area contributed by atoms with Gasteiger partial charge in [-0.1, -0.05) is 31.9 Å². The summed E-state index contributed by atoms with van der Waals surface area (Å²) in [6.07, 6.45) is 9.83. The van der Waals surface area contributed by atoms with E-state index < -0.39 is 0 Å². The standard InChI is InChI=1S/C23H27N7O/c1-15-5-3-4-6-19(15)29-20-11-12-24-23(31)21(20)22(28-29)27-18-9-7-17(8-10-18)16(2)30-25-13-14-26-30/h7-16,19H,3-6H2,1-2H3,(H,24,31)(H,27,28)/t15-,16?,19-/m0/s1. The second-order valence-corrected chi connectivity index (χ2v) is 8.46. The third-order valence-corrected chi connectivity index (χ3v) is 6.45. The van der Waals surface area contributed by atoms with Gasteiger partial charge in [0.2, 0.25) is 0 Å². The molecule has 3 heterocycles. The molecule has 0 radical (unpaired) electrons. The number of hydrogen-bond donors (Lipinski definition) is 2. The summed E-state index contributed by atoms with van der Waals surface area (Å²) in [5, 5.41) is 17.3. The van der Waals surface area contributed by atoms with Gasteiger partial charge in [0.05, 0.1) is 30.0 Å². The van der Waals surface area contributed by atoms with Gasteiger partial charge in [-0.25, -0.2) is 0 Å². The van der Waals surface area contributed by atoms with Crippen molar-refractivity contribution in [3.63, 3.8) is 0 Å². The summed E-state index contributed by atoms with van der Waals surface area (Å²) in [4.78, 5) is 17.2. The second kappa shape index (κ2) is 8.02. The molecular formula is C23H27N7O. The first-order valence-corrected chi connectivity index (χ1v) is 10.9. The van der Waals surface area contributed by atoms with Crippen molar-refractivity contribution in [3.05, 3.63) is 64.8 Å². The van der Waals surface area contributed by atoms with E-state index in [1.807, 2.05) is 30.3 Å². The number of anilines is 2. The molecule has 1 fully saturated rings. The van der Waals surface area contributed by atoms with E-state index in [1.54, 1.807) is 23.4 Å². The zero-order chi connectivity index (χ0) is 21.4. The lowest BCUT2D eigenvalue weighted by atomic mass is 9.86. The maximum absolute atomic E-state index is 12.7. The van der Waals surface area contributed by atoms with Crippen LogP contribution in [0.3, 0.4) is 0 Å². The van der Waals surface area contributed by atoms with Crippen molar-refractivity contribution in [1.29, 1.82) is 0 Å². The fourth-order valence-corrected chi connectivity index (χ4v) is 4.64. The Morgan fingerprint density at radius 3 is 2.58 bits per heavy atom. The van der Waals surface area contributed by atoms with E-state index in [1.165, 1.54) is 19.3 Å². The Bertz CT molecular complexity index is 1220. The minimum Gasteiger partial charge on any atom is -0.338 e. The highest BCUT2D eigenvalue weighted by molar-refractivity contribution is 5.91. The number of aromatic amines is 1. The summed E-state index contributed by atoms with van der Waals surface area (Å²) in [6.45, 7) is 4.34. The Morgan fingerprint density at radius 1 is 1.10 bits per heavy atom. The molecule has 3 aromatic heterocycles. The molecule has 2 N–H and O–H groups in total. The van der Waals surface area contributed by atoms with Crippen molar-refractivity contribution in [1.82, 2.24) is 29.8 Å². The van der Waals surface area contributed by atoms with Crippen LogP contribution in [0.15, 0.2) is 53.7 Å². The number of hydrogen-bond acceptors (Lipinski definition) is 5. The van der Waals surface area contributed by atoms with Gasteiger partial charge in [-0.2, -0.15) is 20.1 Å². The molecule has 8 nitrogen and oxygen atoms in total. The van der Waals surface area contributed by atoms with Gasteiger partial charge in [0.25, 0.3) is 5.56 Å². The molecule has 1 saturated carbocycles. The number of benzene rings is 1. The molecule has 0 aliphatic heterocycles. The van der Waals surface area contributed by atoms with Crippen molar-refractivity contribution in [2.45, 2.75) is 51.6 Å². The zero-order valence-electron chi connectivity index (χ0n) is 17.8. The summed E-state index contributed by atoms with van der Waals surface area (Å²) in [7, 11) is 0. The van der Waals surface area contributed by atoms with E-state index in [0.717, 1.165) is 23.2 Å². The van der Waals surface area contributed by atoms with Gasteiger partial charge in [-0.05, 0) is 49.4 Å². The molecule has 1 unspecified atom stereocenters. The Kier molecular flexibility index (Phi) is 5.05. The number of nitrogens with zero attached hydrogens (tertiary/aromatic N) is 5. The third kappa shape index (κ3) is 3.62. The molecule has 1 aliphatic rings. The number of fused-ring (bicyclic) bond motifs is 1. The van der Waals surface area contributed by atoms with E-state index in [9.17, 15) is 4.79 Å². The largest absolute Gasteiger partial charge is 0.338 e. The summed E-state index contributed by atoms with van der Waals surface area (Å²) >= 11 is 0. The lowest BCUT2D eigenvalue weighted by Gasteiger charge is -2.29. The summed E-state index contributed by atoms with van der Waals surface area (Å²) < 4.78 is 2.07. The van der Waals surface area contributed by atoms with Gasteiger partial charge in [0, 0.05) is 11.9 Å². The summed E-state index contributed by atoms with van der Waals surface area (Å²) in [6, 6.07) is 10.4. The lowest BCUT2D eigenvalue weighted by Crippen LogP contribution is -2.22. The molecule has 8 heteroatoms. The first kappa shape index (κ1) is 19.5. The first-order valence-electron chi connectivity index (χ1n) is 10.9. The van der Waals surface area contributed by atoms with Crippen LogP contribution < -0.4 is 10.9 Å². The molecule has 3 atom stereocenters. The summed E-state index contributed by atoms with van der Waals surface area (Å²) in [5.41, 5.74) is 2.76. The average Bonchev–Trinajstić information content (AvgIpc) is 3.44. The molecule has 0 spiro atoms. The van der Waals surface area contributed by atoms with Gasteiger partial charge in [-0.3, -0.25) is 9.48 Å². The zero-order valence-corrected chi connectivity index (χ0v) is 17.8. The highest BCUT2D eigenvalue weighted by Crippen LogP contribution is 2.36. The van der Waals surface area contributed by atoms with Crippen molar-refractivity contribution < 1.29 is 0 Å². The van der Waals surface area contributed by atoms with E-state index in [2.05, 4.69) is 39.0 Å². The lowest BCUT2D eigenvalue weighted by molar-refractivity contribution is 0.246. The molecule has 0 saturated heterocycles. The topological polar surface area (TPSA) is 93.4 Å². The molecule has 1 aliphatic carbocycles. The quantitative estimate of drug-likeness (QED) is 0.501. The molecule has 0 bridgehead atoms. The van der Waals surface area contributed by atoms with Crippen LogP contribution in [0.5, 0.6) is 0 Å². The number of H-pyrrole nitrogens is 1. The highest BCUT2D eigenvalue weighted by Gasteiger charge is 2.27. The van der Waals surface area contributed by atoms with E-state index >= 15 is 0 Å². The molecule has 31 heavy (non-hydrogen) atoms. The van der Waals surface area contributed by atoms with E-state index in [0.29, 0.717) is 23.2 Å². The Balaban J connectivity index is 1.47. The summed E-state index contributed by atoms with van der Waals surface area (Å²) in [5.74, 6) is 1.14. The molecular weight excluding hydrogens is 390 g/mol. The van der Waals surface area contributed by atoms with Crippen LogP contribution in [0.25, 0.3) is 10.9 Å². The van der Waals surface area contributed by atoms with Crippen molar-refractivity contribution in [2.24, 2.45) is 5.92 Å². The van der Waals surface area contributed by atoms with Gasteiger partial charge in [-0.15, -0.1) is 0 Å². The van der Waals surface area contributed by atoms with E-state index in [-0.39, 0.29) is 11.6 Å². The first-order chi connectivity index (χ1) is 15.1. The highest BCUT2D eigenvalue weighted by atomic mass is 16.1. The normalized spacial score (nSPS) is 20.1. The van der Waals surface area contributed by atoms with Crippen LogP contribution in [-0.4, -0.2) is 29.8 Å². The predicted octanol–water partition coefficient (Wildman–Crippen LogP) is 4.42.